The minimum absolute atomic E-state index is 0.343. The molecule has 4 aromatic rings. The zero-order chi connectivity index (χ0) is 22.1. The topological polar surface area (TPSA) is 95.6 Å². The van der Waals surface area contributed by atoms with Gasteiger partial charge >= 0.3 is 0 Å². The average Bonchev–Trinajstić information content (AvgIpc) is 3.40. The first-order valence-electron chi connectivity index (χ1n) is 11.0. The Morgan fingerprint density at radius 2 is 2.03 bits per heavy atom. The second kappa shape index (κ2) is 8.64. The highest BCUT2D eigenvalue weighted by molar-refractivity contribution is 5.96. The van der Waals surface area contributed by atoms with Crippen LogP contribution in [0.2, 0.25) is 0 Å². The molecule has 1 aliphatic heterocycles. The van der Waals surface area contributed by atoms with E-state index in [1.165, 1.54) is 16.5 Å². The number of nitrogens with zero attached hydrogens (tertiary/aromatic N) is 3. The third-order valence-corrected chi connectivity index (χ3v) is 6.35. The Morgan fingerprint density at radius 1 is 1.22 bits per heavy atom. The first-order valence-corrected chi connectivity index (χ1v) is 11.0. The molecule has 1 amide bonds. The molecule has 0 radical (unpaired) electrons. The predicted molar refractivity (Wildman–Crippen MR) is 123 cm³/mol. The van der Waals surface area contributed by atoms with Gasteiger partial charge in [0, 0.05) is 49.3 Å². The molecule has 0 saturated carbocycles. The summed E-state index contributed by atoms with van der Waals surface area (Å²) in [5, 5.41) is 13.8. The molecule has 1 aliphatic rings. The zero-order valence-corrected chi connectivity index (χ0v) is 18.0. The van der Waals surface area contributed by atoms with Crippen molar-refractivity contribution in [2.24, 2.45) is 13.0 Å². The number of hydrogen-bond acceptors (Lipinski definition) is 6. The molecule has 32 heavy (non-hydrogen) atoms. The molecule has 3 N–H and O–H groups in total. The van der Waals surface area contributed by atoms with E-state index in [1.807, 2.05) is 0 Å². The van der Waals surface area contributed by atoms with E-state index in [2.05, 4.69) is 57.3 Å². The Labute approximate surface area is 185 Å². The number of para-hydroxylation sites is 1. The molecule has 166 valence electrons. The second-order valence-electron chi connectivity index (χ2n) is 8.46. The number of fused-ring (bicyclic) bond motifs is 2. The van der Waals surface area contributed by atoms with E-state index in [0.717, 1.165) is 39.0 Å². The molecule has 1 fully saturated rings. The number of oxazole rings is 1. The Kier molecular flexibility index (Phi) is 5.55. The third-order valence-electron chi connectivity index (χ3n) is 6.35. The first kappa shape index (κ1) is 20.5. The largest absolute Gasteiger partial charge is 0.423 e. The fraction of sp³-hybridized carbons (Fsp3) is 0.333. The van der Waals surface area contributed by atoms with Crippen LogP contribution in [-0.4, -0.2) is 40.3 Å². The van der Waals surface area contributed by atoms with Gasteiger partial charge in [0.05, 0.1) is 0 Å². The van der Waals surface area contributed by atoms with Crippen LogP contribution in [0.25, 0.3) is 22.0 Å². The highest BCUT2D eigenvalue weighted by Gasteiger charge is 2.23. The highest BCUT2D eigenvalue weighted by atomic mass is 16.5. The summed E-state index contributed by atoms with van der Waals surface area (Å²) in [7, 11) is 2.09. The predicted octanol–water partition coefficient (Wildman–Crippen LogP) is 3.44. The van der Waals surface area contributed by atoms with E-state index in [4.69, 9.17) is 9.62 Å². The first-order chi connectivity index (χ1) is 15.6. The van der Waals surface area contributed by atoms with E-state index < -0.39 is 5.91 Å². The number of rotatable bonds is 6. The van der Waals surface area contributed by atoms with Crippen molar-refractivity contribution in [1.82, 2.24) is 20.3 Å². The monoisotopic (exact) mass is 433 g/mol. The maximum absolute atomic E-state index is 11.6. The van der Waals surface area contributed by atoms with Gasteiger partial charge in [-0.15, -0.1) is 0 Å². The number of hydrogen-bond donors (Lipinski definition) is 3. The number of nitrogens with one attached hydrogen (secondary N) is 2. The SMILES string of the molecule is Cn1cc(CNCC2CCN(c3nc4cc(C(=O)NO)ccc4o3)CC2)c2ccccc21. The van der Waals surface area contributed by atoms with Crippen molar-refractivity contribution in [1.29, 1.82) is 0 Å². The molecular weight excluding hydrogens is 406 g/mol. The maximum atomic E-state index is 11.6. The molecule has 8 heteroatoms. The molecule has 2 aromatic heterocycles. The van der Waals surface area contributed by atoms with Crippen molar-refractivity contribution in [2.75, 3.05) is 24.5 Å². The molecule has 0 bridgehead atoms. The number of anilines is 1. The van der Waals surface area contributed by atoms with Crippen LogP contribution in [0, 0.1) is 5.92 Å². The van der Waals surface area contributed by atoms with Gasteiger partial charge in [0.2, 0.25) is 0 Å². The lowest BCUT2D eigenvalue weighted by molar-refractivity contribution is 0.0706. The number of piperidine rings is 1. The van der Waals surface area contributed by atoms with Gasteiger partial charge in [-0.05, 0) is 55.1 Å². The molecule has 3 heterocycles. The number of amides is 1. The summed E-state index contributed by atoms with van der Waals surface area (Å²) in [6.45, 7) is 3.63. The van der Waals surface area contributed by atoms with Crippen LogP contribution in [0.1, 0.15) is 28.8 Å². The van der Waals surface area contributed by atoms with Crippen LogP contribution in [0.5, 0.6) is 0 Å². The molecule has 0 aliphatic carbocycles. The molecule has 0 atom stereocenters. The molecule has 5 rings (SSSR count). The molecule has 0 unspecified atom stereocenters. The average molecular weight is 434 g/mol. The van der Waals surface area contributed by atoms with Crippen LogP contribution < -0.4 is 15.7 Å². The van der Waals surface area contributed by atoms with Crippen LogP contribution >= 0.6 is 0 Å². The van der Waals surface area contributed by atoms with E-state index in [-0.39, 0.29) is 0 Å². The number of carbonyl (C=O) groups is 1. The van der Waals surface area contributed by atoms with E-state index in [1.54, 1.807) is 23.7 Å². The number of hydroxylamine groups is 1. The summed E-state index contributed by atoms with van der Waals surface area (Å²) in [4.78, 5) is 18.3. The molecular formula is C24H27N5O3. The number of aryl methyl sites for hydroxylation is 1. The second-order valence-corrected chi connectivity index (χ2v) is 8.46. The van der Waals surface area contributed by atoms with Gasteiger partial charge < -0.3 is 19.2 Å². The quantitative estimate of drug-likeness (QED) is 0.318. The Balaban J connectivity index is 1.16. The highest BCUT2D eigenvalue weighted by Crippen LogP contribution is 2.27. The fourth-order valence-electron chi connectivity index (χ4n) is 4.56. The molecule has 1 saturated heterocycles. The minimum atomic E-state index is -0.562. The van der Waals surface area contributed by atoms with Crippen molar-refractivity contribution in [3.63, 3.8) is 0 Å². The lowest BCUT2D eigenvalue weighted by Gasteiger charge is -2.31. The van der Waals surface area contributed by atoms with Crippen LogP contribution in [-0.2, 0) is 13.6 Å². The van der Waals surface area contributed by atoms with Crippen LogP contribution in [0.4, 0.5) is 6.01 Å². The minimum Gasteiger partial charge on any atom is -0.423 e. The fourth-order valence-corrected chi connectivity index (χ4v) is 4.56. The number of benzene rings is 2. The van der Waals surface area contributed by atoms with Gasteiger partial charge in [-0.2, -0.15) is 4.98 Å². The zero-order valence-electron chi connectivity index (χ0n) is 18.0. The standard InChI is InChI=1S/C24H27N5O3/c1-28-15-18(19-4-2-3-5-21(19)28)14-25-13-16-8-10-29(11-9-16)24-26-20-12-17(23(30)27-31)6-7-22(20)32-24/h2-7,12,15-16,25,31H,8-11,13-14H2,1H3,(H,27,30). The maximum Gasteiger partial charge on any atom is 0.298 e. The summed E-state index contributed by atoms with van der Waals surface area (Å²) < 4.78 is 8.08. The van der Waals surface area contributed by atoms with Crippen molar-refractivity contribution >= 4 is 33.9 Å². The van der Waals surface area contributed by atoms with Crippen molar-refractivity contribution in [3.05, 3.63) is 59.8 Å². The molecule has 2 aromatic carbocycles. The smallest absolute Gasteiger partial charge is 0.298 e. The molecule has 0 spiro atoms. The summed E-state index contributed by atoms with van der Waals surface area (Å²) in [6, 6.07) is 14.0. The van der Waals surface area contributed by atoms with Gasteiger partial charge in [-0.25, -0.2) is 5.48 Å². The summed E-state index contributed by atoms with van der Waals surface area (Å²) in [5.74, 6) is 0.0544. The number of carbonyl (C=O) groups excluding carboxylic acids is 1. The normalized spacial score (nSPS) is 15.0. The molecule has 8 nitrogen and oxygen atoms in total. The number of aromatic nitrogens is 2. The lowest BCUT2D eigenvalue weighted by atomic mass is 9.97. The van der Waals surface area contributed by atoms with Crippen molar-refractivity contribution in [2.45, 2.75) is 19.4 Å². The summed E-state index contributed by atoms with van der Waals surface area (Å²) in [6.07, 6.45) is 4.35. The van der Waals surface area contributed by atoms with Gasteiger partial charge in [0.1, 0.15) is 5.52 Å². The van der Waals surface area contributed by atoms with E-state index >= 15 is 0 Å². The Bertz CT molecular complexity index is 1250. The van der Waals surface area contributed by atoms with Gasteiger partial charge in [0.25, 0.3) is 11.9 Å². The summed E-state index contributed by atoms with van der Waals surface area (Å²) >= 11 is 0. The van der Waals surface area contributed by atoms with Crippen LogP contribution in [0.3, 0.4) is 0 Å². The van der Waals surface area contributed by atoms with E-state index in [9.17, 15) is 4.79 Å². The third kappa shape index (κ3) is 3.94. The van der Waals surface area contributed by atoms with Crippen molar-refractivity contribution < 1.29 is 14.4 Å². The van der Waals surface area contributed by atoms with Gasteiger partial charge in [0.15, 0.2) is 5.58 Å². The van der Waals surface area contributed by atoms with Gasteiger partial charge in [-0.1, -0.05) is 18.2 Å². The summed E-state index contributed by atoms with van der Waals surface area (Å²) in [5.41, 5.74) is 5.83. The van der Waals surface area contributed by atoms with Crippen molar-refractivity contribution in [3.8, 4) is 0 Å². The lowest BCUT2D eigenvalue weighted by Crippen LogP contribution is -2.37. The van der Waals surface area contributed by atoms with E-state index in [0.29, 0.717) is 28.6 Å². The Morgan fingerprint density at radius 3 is 2.84 bits per heavy atom. The van der Waals surface area contributed by atoms with Gasteiger partial charge in [-0.3, -0.25) is 10.0 Å². The van der Waals surface area contributed by atoms with Crippen LogP contribution in [0.15, 0.2) is 53.1 Å². The Hall–Kier alpha value is -3.36.